The molecule has 1 aromatic rings. The van der Waals surface area contributed by atoms with Crippen LogP contribution in [0.2, 0.25) is 0 Å². The van der Waals surface area contributed by atoms with Crippen LogP contribution in [0.15, 0.2) is 24.3 Å². The average Bonchev–Trinajstić information content (AvgIpc) is 3.01. The first-order valence-electron chi connectivity index (χ1n) is 26.6. The molecule has 0 nitrogen and oxygen atoms in total. The minimum Gasteiger partial charge on any atom is -0.0945 e. The van der Waals surface area contributed by atoms with Crippen molar-refractivity contribution < 1.29 is 0 Å². The molecule has 16 bridgehead atoms. The molecule has 0 radical (unpaired) electrons. The van der Waals surface area contributed by atoms with E-state index in [1.54, 1.807) is 140 Å². The first-order chi connectivity index (χ1) is 27.9. The van der Waals surface area contributed by atoms with E-state index in [0.29, 0.717) is 63.9 Å². The number of hydrogen-bond acceptors (Lipinski definition) is 0. The fourth-order valence-corrected chi connectivity index (χ4v) is 39.1. The lowest BCUT2D eigenvalue weighted by Crippen LogP contribution is -2.63. The molecule has 60 heavy (non-hydrogen) atoms. The van der Waals surface area contributed by atoms with E-state index in [-0.39, 0.29) is 15.8 Å². The fraction of sp³-hybridized carbons (Fsp3) is 0.893. The molecule has 17 rings (SSSR count). The van der Waals surface area contributed by atoms with E-state index in [0.717, 1.165) is 34.8 Å². The molecule has 0 heterocycles. The second-order valence-corrected chi connectivity index (χ2v) is 38.0. The number of benzene rings is 1. The van der Waals surface area contributed by atoms with E-state index in [1.807, 2.05) is 0 Å². The van der Waals surface area contributed by atoms with Gasteiger partial charge in [0.15, 0.2) is 0 Å². The van der Waals surface area contributed by atoms with Gasteiger partial charge < -0.3 is 0 Å². The highest BCUT2D eigenvalue weighted by Gasteiger charge is 2.72. The van der Waals surface area contributed by atoms with Gasteiger partial charge in [0, 0.05) is 0 Å². The zero-order valence-electron chi connectivity index (χ0n) is 40.6. The Labute approximate surface area is 373 Å². The Balaban J connectivity index is 0.898. The summed E-state index contributed by atoms with van der Waals surface area (Å²) < 4.78 is 0. The van der Waals surface area contributed by atoms with Crippen molar-refractivity contribution in [3.05, 3.63) is 35.4 Å². The SMILES string of the molecule is BC(c1ccc(C(B)P(C23CC4CC(C)(CC(C)(C4)C2)C3)C23CC4CC(C)(CC(C)(C4)C2)C3)cc1)P(C12CC3CC(C)(CC(C)(C3)C1)C2)C12CC3CC(C)(CC(C)(C3)C1)C2. The molecule has 0 saturated heterocycles. The van der Waals surface area contributed by atoms with E-state index in [9.17, 15) is 0 Å². The third-order valence-corrected chi connectivity index (χ3v) is 31.3. The molecule has 0 aromatic heterocycles. The topological polar surface area (TPSA) is 0 Å². The molecule has 10 atom stereocenters. The Morgan fingerprint density at radius 3 is 0.683 bits per heavy atom. The Morgan fingerprint density at radius 2 is 0.517 bits per heavy atom. The van der Waals surface area contributed by atoms with Crippen molar-refractivity contribution in [2.24, 2.45) is 67.0 Å². The van der Waals surface area contributed by atoms with E-state index in [1.165, 1.54) is 25.7 Å². The lowest BCUT2D eigenvalue weighted by molar-refractivity contribution is -0.0929. The van der Waals surface area contributed by atoms with E-state index in [2.05, 4.69) is 95.3 Å². The third-order valence-electron chi connectivity index (χ3n) is 23.1. The van der Waals surface area contributed by atoms with E-state index in [4.69, 9.17) is 0 Å². The fourth-order valence-electron chi connectivity index (χ4n) is 26.6. The Bertz CT molecular complexity index is 1680. The summed E-state index contributed by atoms with van der Waals surface area (Å²) in [7, 11) is 5.35. The predicted octanol–water partition coefficient (Wildman–Crippen LogP) is 14.9. The summed E-state index contributed by atoms with van der Waals surface area (Å²) in [6.45, 7) is 22.3. The van der Waals surface area contributed by atoms with Crippen molar-refractivity contribution in [1.82, 2.24) is 0 Å². The minimum atomic E-state index is -0.168. The molecule has 326 valence electrons. The average molecular weight is 843 g/mol. The summed E-state index contributed by atoms with van der Waals surface area (Å²) in [6.07, 6.45) is 37.4. The molecular weight excluding hydrogens is 756 g/mol. The molecule has 16 aliphatic rings. The smallest absolute Gasteiger partial charge is 0.0945 e. The van der Waals surface area contributed by atoms with Crippen molar-refractivity contribution >= 4 is 31.5 Å². The Morgan fingerprint density at radius 1 is 0.333 bits per heavy atom. The van der Waals surface area contributed by atoms with Gasteiger partial charge >= 0.3 is 0 Å². The molecule has 16 fully saturated rings. The van der Waals surface area contributed by atoms with Gasteiger partial charge in [0.2, 0.25) is 0 Å². The number of hydrogen-bond donors (Lipinski definition) is 0. The molecule has 0 amide bonds. The van der Waals surface area contributed by atoms with Gasteiger partial charge in [0.1, 0.15) is 15.7 Å². The molecule has 0 spiro atoms. The van der Waals surface area contributed by atoms with Gasteiger partial charge in [-0.2, -0.15) is 0 Å². The van der Waals surface area contributed by atoms with Gasteiger partial charge in [-0.1, -0.05) is 95.5 Å². The molecule has 4 heteroatoms. The van der Waals surface area contributed by atoms with Gasteiger partial charge in [0.25, 0.3) is 0 Å². The molecule has 0 aliphatic heterocycles. The van der Waals surface area contributed by atoms with E-state index >= 15 is 0 Å². The van der Waals surface area contributed by atoms with Gasteiger partial charge in [-0.15, -0.1) is 0 Å². The van der Waals surface area contributed by atoms with Crippen LogP contribution in [0.1, 0.15) is 232 Å². The van der Waals surface area contributed by atoms with Crippen LogP contribution in [-0.2, 0) is 0 Å². The van der Waals surface area contributed by atoms with Crippen LogP contribution in [0, 0.1) is 67.0 Å². The molecule has 0 N–H and O–H groups in total. The highest BCUT2D eigenvalue weighted by molar-refractivity contribution is 7.63. The van der Waals surface area contributed by atoms with Crippen LogP contribution < -0.4 is 0 Å². The van der Waals surface area contributed by atoms with Crippen molar-refractivity contribution in [2.75, 3.05) is 0 Å². The van der Waals surface area contributed by atoms with Crippen LogP contribution in [-0.4, -0.2) is 36.3 Å². The summed E-state index contributed by atoms with van der Waals surface area (Å²) >= 11 is 0. The maximum atomic E-state index is 2.84. The zero-order chi connectivity index (χ0) is 41.6. The van der Waals surface area contributed by atoms with Crippen molar-refractivity contribution in [1.29, 1.82) is 0 Å². The molecule has 16 saturated carbocycles. The molecule has 1 aromatic carbocycles. The lowest BCUT2D eigenvalue weighted by atomic mass is 9.44. The zero-order valence-corrected chi connectivity index (χ0v) is 42.4. The molecular formula is C56H86B2P2. The predicted molar refractivity (Wildman–Crippen MR) is 263 cm³/mol. The van der Waals surface area contributed by atoms with Crippen LogP contribution in [0.5, 0.6) is 0 Å². The normalized spacial score (nSPS) is 60.4. The summed E-state index contributed by atoms with van der Waals surface area (Å²) in [5.41, 5.74) is 9.75. The summed E-state index contributed by atoms with van der Waals surface area (Å²) in [6, 6.07) is 11.3. The second kappa shape index (κ2) is 11.8. The van der Waals surface area contributed by atoms with Crippen LogP contribution in [0.25, 0.3) is 0 Å². The van der Waals surface area contributed by atoms with Crippen molar-refractivity contribution in [3.63, 3.8) is 0 Å². The van der Waals surface area contributed by atoms with Crippen LogP contribution >= 0.6 is 15.8 Å². The number of rotatable bonds is 8. The standard InChI is InChI=1S/C56H86B2P2/c1-45-13-37-14-46(2,25-45)30-53(21-37,29-45)59(54-22-38-15-47(3,31-54)26-48(4,16-38)32-54)43(57)41-9-11-42(12-10-41)44(58)60(55-23-39-17-49(5,33-55)27-50(6,18-39)34-55)56-24-40-19-51(7,35-56)28-52(8,20-40)36-56/h9-12,37-40,43-44H,13-36,57-58H2,1-8H3. The quantitative estimate of drug-likeness (QED) is 0.181. The van der Waals surface area contributed by atoms with E-state index < -0.39 is 0 Å². The molecule has 16 aliphatic carbocycles. The summed E-state index contributed by atoms with van der Waals surface area (Å²) in [4.78, 5) is 0. The Hall–Kier alpha value is 0.210. The molecule has 10 unspecified atom stereocenters. The first-order valence-corrected chi connectivity index (χ1v) is 29.4. The van der Waals surface area contributed by atoms with Crippen LogP contribution in [0.3, 0.4) is 0 Å². The largest absolute Gasteiger partial charge is 0.116 e. The van der Waals surface area contributed by atoms with Crippen LogP contribution in [0.4, 0.5) is 0 Å². The van der Waals surface area contributed by atoms with Gasteiger partial charge in [-0.25, -0.2) is 0 Å². The minimum absolute atomic E-state index is 0.168. The third kappa shape index (κ3) is 5.74. The lowest BCUT2D eigenvalue weighted by Gasteiger charge is -2.74. The Kier molecular flexibility index (Phi) is 7.98. The van der Waals surface area contributed by atoms with Gasteiger partial charge in [-0.3, -0.25) is 0 Å². The monoisotopic (exact) mass is 843 g/mol. The van der Waals surface area contributed by atoms with Gasteiger partial charge in [-0.05, 0) is 264 Å². The highest BCUT2D eigenvalue weighted by atomic mass is 31.1. The van der Waals surface area contributed by atoms with Crippen molar-refractivity contribution in [3.8, 4) is 0 Å². The first kappa shape index (κ1) is 40.5. The van der Waals surface area contributed by atoms with Gasteiger partial charge in [0.05, 0.1) is 0 Å². The highest BCUT2D eigenvalue weighted by Crippen LogP contribution is 2.89. The summed E-state index contributed by atoms with van der Waals surface area (Å²) in [5, 5.41) is 2.41. The summed E-state index contributed by atoms with van der Waals surface area (Å²) in [5.74, 6) is 4.00. The van der Waals surface area contributed by atoms with Crippen molar-refractivity contribution in [2.45, 2.75) is 241 Å². The maximum Gasteiger partial charge on any atom is 0.116 e. The maximum absolute atomic E-state index is 2.84. The second-order valence-electron chi connectivity index (χ2n) is 31.2.